The van der Waals surface area contributed by atoms with Crippen LogP contribution in [0.15, 0.2) is 35.2 Å². The Labute approximate surface area is 101 Å². The van der Waals surface area contributed by atoms with Crippen molar-refractivity contribution in [2.24, 2.45) is 0 Å². The quantitative estimate of drug-likeness (QED) is 0.718. The summed E-state index contributed by atoms with van der Waals surface area (Å²) in [5.74, 6) is 0. The van der Waals surface area contributed by atoms with E-state index >= 15 is 0 Å². The second-order valence-electron chi connectivity index (χ2n) is 3.78. The monoisotopic (exact) mass is 255 g/mol. The van der Waals surface area contributed by atoms with E-state index in [-0.39, 0.29) is 9.22 Å². The molecule has 0 aromatic heterocycles. The Bertz CT molecular complexity index is 476. The normalized spacial score (nSPS) is 16.4. The van der Waals surface area contributed by atoms with Crippen LogP contribution in [-0.2, 0) is 9.84 Å². The van der Waals surface area contributed by atoms with E-state index in [0.717, 1.165) is 25.9 Å². The van der Waals surface area contributed by atoms with Gasteiger partial charge in [0.15, 0.2) is 0 Å². The summed E-state index contributed by atoms with van der Waals surface area (Å²) >= 11 is 5.07. The molecule has 0 aliphatic carbocycles. The molecule has 86 valence electrons. The number of benzene rings is 1. The van der Waals surface area contributed by atoms with Crippen LogP contribution in [0.1, 0.15) is 12.8 Å². The number of thiocarbonyl (C=S) groups is 1. The first-order valence-corrected chi connectivity index (χ1v) is 7.10. The number of nitrogens with zero attached hydrogens (tertiary/aromatic N) is 1. The first-order chi connectivity index (χ1) is 7.62. The highest BCUT2D eigenvalue weighted by atomic mass is 32.2. The lowest BCUT2D eigenvalue weighted by molar-refractivity contribution is 0.528. The topological polar surface area (TPSA) is 37.4 Å². The van der Waals surface area contributed by atoms with E-state index in [1.54, 1.807) is 35.2 Å². The first-order valence-electron chi connectivity index (χ1n) is 5.21. The van der Waals surface area contributed by atoms with Gasteiger partial charge in [-0.2, -0.15) is 0 Å². The Balaban J connectivity index is 2.29. The molecule has 0 N–H and O–H groups in total. The maximum absolute atomic E-state index is 12.1. The zero-order chi connectivity index (χ0) is 11.6. The minimum absolute atomic E-state index is 0.0659. The van der Waals surface area contributed by atoms with Gasteiger partial charge in [0.1, 0.15) is 0 Å². The lowest BCUT2D eigenvalue weighted by Gasteiger charge is -2.18. The van der Waals surface area contributed by atoms with Gasteiger partial charge in [-0.25, -0.2) is 8.42 Å². The molecule has 0 bridgehead atoms. The van der Waals surface area contributed by atoms with Crippen LogP contribution < -0.4 is 0 Å². The molecule has 1 aliphatic rings. The smallest absolute Gasteiger partial charge is 0.232 e. The molecule has 0 radical (unpaired) electrons. The van der Waals surface area contributed by atoms with E-state index in [1.165, 1.54) is 0 Å². The van der Waals surface area contributed by atoms with Gasteiger partial charge in [-0.15, -0.1) is 0 Å². The summed E-state index contributed by atoms with van der Waals surface area (Å²) in [7, 11) is -3.46. The van der Waals surface area contributed by atoms with Crippen molar-refractivity contribution in [1.29, 1.82) is 0 Å². The summed E-state index contributed by atoms with van der Waals surface area (Å²) < 4.78 is 24.3. The summed E-state index contributed by atoms with van der Waals surface area (Å²) in [6, 6.07) is 8.37. The van der Waals surface area contributed by atoms with E-state index in [2.05, 4.69) is 0 Å². The molecule has 0 saturated carbocycles. The third-order valence-corrected chi connectivity index (χ3v) is 5.17. The molecule has 5 heteroatoms. The highest BCUT2D eigenvalue weighted by molar-refractivity contribution is 8.17. The van der Waals surface area contributed by atoms with E-state index in [1.807, 2.05) is 0 Å². The molecule has 3 nitrogen and oxygen atoms in total. The molecular formula is C11H13NO2S2. The SMILES string of the molecule is O=S(=O)(C(=S)N1CCCC1)c1ccccc1. The van der Waals surface area contributed by atoms with E-state index < -0.39 is 9.84 Å². The molecule has 0 spiro atoms. The molecule has 0 unspecified atom stereocenters. The Hall–Kier alpha value is -0.940. The van der Waals surface area contributed by atoms with Crippen molar-refractivity contribution in [3.63, 3.8) is 0 Å². The summed E-state index contributed by atoms with van der Waals surface area (Å²) in [5.41, 5.74) is 0. The fraction of sp³-hybridized carbons (Fsp3) is 0.364. The highest BCUT2D eigenvalue weighted by Crippen LogP contribution is 2.18. The molecule has 1 aliphatic heterocycles. The van der Waals surface area contributed by atoms with Crippen molar-refractivity contribution in [1.82, 2.24) is 4.90 Å². The predicted octanol–water partition coefficient (Wildman–Crippen LogP) is 1.84. The largest absolute Gasteiger partial charge is 0.353 e. The Kier molecular flexibility index (Phi) is 3.25. The molecule has 1 aromatic rings. The van der Waals surface area contributed by atoms with Gasteiger partial charge in [0.25, 0.3) is 0 Å². The Morgan fingerprint density at radius 2 is 1.69 bits per heavy atom. The number of sulfone groups is 1. The van der Waals surface area contributed by atoms with Gasteiger partial charge in [0.2, 0.25) is 14.2 Å². The molecule has 0 atom stereocenters. The number of hydrogen-bond acceptors (Lipinski definition) is 3. The van der Waals surface area contributed by atoms with E-state index in [0.29, 0.717) is 0 Å². The Morgan fingerprint density at radius 3 is 2.25 bits per heavy atom. The number of likely N-dealkylation sites (tertiary alicyclic amines) is 1. The first kappa shape index (κ1) is 11.5. The fourth-order valence-corrected chi connectivity index (χ4v) is 3.48. The number of rotatable bonds is 1. The zero-order valence-corrected chi connectivity index (χ0v) is 10.4. The van der Waals surface area contributed by atoms with Gasteiger partial charge >= 0.3 is 0 Å². The third-order valence-electron chi connectivity index (χ3n) is 2.65. The predicted molar refractivity (Wildman–Crippen MR) is 67.0 cm³/mol. The van der Waals surface area contributed by atoms with Crippen molar-refractivity contribution >= 4 is 26.4 Å². The molecule has 1 aromatic carbocycles. The molecule has 16 heavy (non-hydrogen) atoms. The van der Waals surface area contributed by atoms with Gasteiger partial charge in [-0.3, -0.25) is 0 Å². The van der Waals surface area contributed by atoms with Crippen molar-refractivity contribution in [3.05, 3.63) is 30.3 Å². The minimum atomic E-state index is -3.46. The van der Waals surface area contributed by atoms with Crippen LogP contribution in [0, 0.1) is 0 Å². The van der Waals surface area contributed by atoms with E-state index in [4.69, 9.17) is 12.2 Å². The van der Waals surface area contributed by atoms with Crippen molar-refractivity contribution < 1.29 is 8.42 Å². The second kappa shape index (κ2) is 4.51. The van der Waals surface area contributed by atoms with Gasteiger partial charge in [-0.1, -0.05) is 18.2 Å². The van der Waals surface area contributed by atoms with Crippen LogP contribution in [0.25, 0.3) is 0 Å². The minimum Gasteiger partial charge on any atom is -0.353 e. The maximum Gasteiger partial charge on any atom is 0.232 e. The van der Waals surface area contributed by atoms with Crippen LogP contribution >= 0.6 is 12.2 Å². The highest BCUT2D eigenvalue weighted by Gasteiger charge is 2.27. The lowest BCUT2D eigenvalue weighted by Crippen LogP contribution is -2.32. The summed E-state index contributed by atoms with van der Waals surface area (Å²) in [5, 5.41) is 0. The zero-order valence-electron chi connectivity index (χ0n) is 8.80. The fourth-order valence-electron chi connectivity index (χ4n) is 1.77. The van der Waals surface area contributed by atoms with Crippen molar-refractivity contribution in [2.75, 3.05) is 13.1 Å². The average Bonchev–Trinajstić information content (AvgIpc) is 2.82. The Morgan fingerprint density at radius 1 is 1.12 bits per heavy atom. The molecule has 2 rings (SSSR count). The third kappa shape index (κ3) is 2.10. The standard InChI is InChI=1S/C11H13NO2S2/c13-16(14,10-6-2-1-3-7-10)11(15)12-8-4-5-9-12/h1-3,6-7H,4-5,8-9H2. The van der Waals surface area contributed by atoms with Gasteiger partial charge in [0.05, 0.1) is 4.90 Å². The van der Waals surface area contributed by atoms with Crippen LogP contribution in [0.5, 0.6) is 0 Å². The summed E-state index contributed by atoms with van der Waals surface area (Å²) in [4.78, 5) is 2.06. The summed E-state index contributed by atoms with van der Waals surface area (Å²) in [6.07, 6.45) is 2.04. The van der Waals surface area contributed by atoms with Gasteiger partial charge in [-0.05, 0) is 37.2 Å². The molecule has 1 heterocycles. The number of hydrogen-bond donors (Lipinski definition) is 0. The van der Waals surface area contributed by atoms with Gasteiger partial charge in [0, 0.05) is 13.1 Å². The van der Waals surface area contributed by atoms with Crippen molar-refractivity contribution in [2.45, 2.75) is 17.7 Å². The molecule has 1 fully saturated rings. The molecule has 1 saturated heterocycles. The van der Waals surface area contributed by atoms with Crippen molar-refractivity contribution in [3.8, 4) is 0 Å². The van der Waals surface area contributed by atoms with Crippen LogP contribution in [0.4, 0.5) is 0 Å². The maximum atomic E-state index is 12.1. The molecular weight excluding hydrogens is 242 g/mol. The van der Waals surface area contributed by atoms with Crippen LogP contribution in [-0.4, -0.2) is 30.7 Å². The van der Waals surface area contributed by atoms with E-state index in [9.17, 15) is 8.42 Å². The van der Waals surface area contributed by atoms with Crippen LogP contribution in [0.2, 0.25) is 0 Å². The summed E-state index contributed by atoms with van der Waals surface area (Å²) in [6.45, 7) is 1.51. The molecule has 0 amide bonds. The van der Waals surface area contributed by atoms with Gasteiger partial charge < -0.3 is 4.90 Å². The lowest BCUT2D eigenvalue weighted by atomic mass is 10.4. The second-order valence-corrected chi connectivity index (χ2v) is 6.29. The average molecular weight is 255 g/mol. The van der Waals surface area contributed by atoms with Crippen LogP contribution in [0.3, 0.4) is 0 Å².